The van der Waals surface area contributed by atoms with Crippen molar-refractivity contribution in [1.29, 1.82) is 0 Å². The van der Waals surface area contributed by atoms with E-state index in [9.17, 15) is 4.79 Å². The molecule has 2 aliphatic heterocycles. The molecule has 2 aliphatic rings. The Hall–Kier alpha value is -1.92. The van der Waals surface area contributed by atoms with Crippen LogP contribution in [0.4, 0.5) is 0 Å². The molecule has 2 fully saturated rings. The van der Waals surface area contributed by atoms with Crippen LogP contribution in [0.5, 0.6) is 5.75 Å². The molecule has 0 atom stereocenters. The van der Waals surface area contributed by atoms with Crippen LogP contribution in [0.2, 0.25) is 0 Å². The van der Waals surface area contributed by atoms with Crippen molar-refractivity contribution in [3.05, 3.63) is 46.4 Å². The van der Waals surface area contributed by atoms with Gasteiger partial charge in [-0.05, 0) is 68.2 Å². The third-order valence-corrected chi connectivity index (χ3v) is 7.38. The molecule has 0 bridgehead atoms. The number of aryl methyl sites for hydroxylation is 2. The van der Waals surface area contributed by atoms with E-state index in [-0.39, 0.29) is 0 Å². The standard InChI is InChI=1S/C23H31N3O2S/c1-18-10-17-29-22(18)2-3-23(27)26-13-6-19(7-14-26)25-15-8-21(9-16-25)28-20-4-11-24-12-5-20/h4-5,10-12,17,19,21H,2-3,6-9,13-16H2,1H3. The summed E-state index contributed by atoms with van der Waals surface area (Å²) >= 11 is 1.77. The van der Waals surface area contributed by atoms with Gasteiger partial charge in [-0.25, -0.2) is 0 Å². The molecular weight excluding hydrogens is 382 g/mol. The number of ether oxygens (including phenoxy) is 1. The molecule has 2 saturated heterocycles. The van der Waals surface area contributed by atoms with Crippen molar-refractivity contribution in [3.63, 3.8) is 0 Å². The number of hydrogen-bond acceptors (Lipinski definition) is 5. The molecule has 0 N–H and O–H groups in total. The fourth-order valence-electron chi connectivity index (χ4n) is 4.49. The second kappa shape index (κ2) is 9.72. The lowest BCUT2D eigenvalue weighted by Crippen LogP contribution is -2.50. The Morgan fingerprint density at radius 1 is 1.10 bits per heavy atom. The second-order valence-electron chi connectivity index (χ2n) is 8.17. The summed E-state index contributed by atoms with van der Waals surface area (Å²) in [7, 11) is 0. The van der Waals surface area contributed by atoms with Gasteiger partial charge in [0.05, 0.1) is 0 Å². The van der Waals surface area contributed by atoms with Gasteiger partial charge in [0.1, 0.15) is 11.9 Å². The Balaban J connectivity index is 1.17. The van der Waals surface area contributed by atoms with Crippen LogP contribution < -0.4 is 4.74 Å². The fraction of sp³-hybridized carbons (Fsp3) is 0.565. The first-order valence-electron chi connectivity index (χ1n) is 10.8. The molecule has 2 aromatic rings. The fourth-order valence-corrected chi connectivity index (χ4v) is 5.40. The molecule has 5 nitrogen and oxygen atoms in total. The number of hydrogen-bond donors (Lipinski definition) is 0. The lowest BCUT2D eigenvalue weighted by atomic mass is 9.98. The number of rotatable bonds is 6. The van der Waals surface area contributed by atoms with E-state index in [2.05, 4.69) is 33.2 Å². The predicted molar refractivity (Wildman–Crippen MR) is 116 cm³/mol. The minimum absolute atomic E-state index is 0.302. The molecule has 0 saturated carbocycles. The number of piperidine rings is 2. The Morgan fingerprint density at radius 2 is 1.83 bits per heavy atom. The summed E-state index contributed by atoms with van der Waals surface area (Å²) in [5.41, 5.74) is 1.32. The number of carbonyl (C=O) groups is 1. The van der Waals surface area contributed by atoms with E-state index in [1.165, 1.54) is 10.4 Å². The third kappa shape index (κ3) is 5.37. The Kier molecular flexibility index (Phi) is 6.82. The lowest BCUT2D eigenvalue weighted by Gasteiger charge is -2.41. The summed E-state index contributed by atoms with van der Waals surface area (Å²) in [6, 6.07) is 6.61. The van der Waals surface area contributed by atoms with Crippen LogP contribution in [0.3, 0.4) is 0 Å². The van der Waals surface area contributed by atoms with Crippen molar-refractivity contribution in [2.75, 3.05) is 26.2 Å². The van der Waals surface area contributed by atoms with Gasteiger partial charge in [-0.1, -0.05) is 0 Å². The molecule has 156 valence electrons. The summed E-state index contributed by atoms with van der Waals surface area (Å²) in [5.74, 6) is 1.24. The monoisotopic (exact) mass is 413 g/mol. The van der Waals surface area contributed by atoms with Crippen molar-refractivity contribution in [1.82, 2.24) is 14.8 Å². The quantitative estimate of drug-likeness (QED) is 0.720. The molecular formula is C23H31N3O2S. The number of carbonyl (C=O) groups excluding carboxylic acids is 1. The van der Waals surface area contributed by atoms with Gasteiger partial charge in [0, 0.05) is 55.9 Å². The number of likely N-dealkylation sites (tertiary alicyclic amines) is 2. The first-order valence-corrected chi connectivity index (χ1v) is 11.7. The zero-order valence-electron chi connectivity index (χ0n) is 17.3. The van der Waals surface area contributed by atoms with Gasteiger partial charge in [-0.3, -0.25) is 14.7 Å². The van der Waals surface area contributed by atoms with Crippen LogP contribution in [-0.4, -0.2) is 59.0 Å². The molecule has 4 heterocycles. The highest BCUT2D eigenvalue weighted by atomic mass is 32.1. The summed E-state index contributed by atoms with van der Waals surface area (Å²) in [5, 5.41) is 2.12. The second-order valence-corrected chi connectivity index (χ2v) is 9.18. The molecule has 1 amide bonds. The van der Waals surface area contributed by atoms with E-state index in [4.69, 9.17) is 4.74 Å². The highest BCUT2D eigenvalue weighted by Gasteiger charge is 2.30. The maximum atomic E-state index is 12.6. The van der Waals surface area contributed by atoms with E-state index in [0.717, 1.165) is 64.0 Å². The average molecular weight is 414 g/mol. The smallest absolute Gasteiger partial charge is 0.222 e. The summed E-state index contributed by atoms with van der Waals surface area (Å²) in [6.07, 6.45) is 9.72. The van der Waals surface area contributed by atoms with Gasteiger partial charge < -0.3 is 9.64 Å². The molecule has 6 heteroatoms. The molecule has 0 unspecified atom stereocenters. The number of aromatic nitrogens is 1. The first-order chi connectivity index (χ1) is 14.2. The Bertz CT molecular complexity index is 778. The number of thiophene rings is 1. The molecule has 0 radical (unpaired) electrons. The number of amides is 1. The summed E-state index contributed by atoms with van der Waals surface area (Å²) < 4.78 is 6.09. The largest absolute Gasteiger partial charge is 0.490 e. The van der Waals surface area contributed by atoms with Crippen LogP contribution >= 0.6 is 11.3 Å². The molecule has 0 spiro atoms. The minimum atomic E-state index is 0.302. The zero-order valence-corrected chi connectivity index (χ0v) is 18.1. The highest BCUT2D eigenvalue weighted by molar-refractivity contribution is 7.10. The SMILES string of the molecule is Cc1ccsc1CCC(=O)N1CCC(N2CCC(Oc3ccncc3)CC2)CC1. The maximum absolute atomic E-state index is 12.6. The van der Waals surface area contributed by atoms with Crippen LogP contribution in [-0.2, 0) is 11.2 Å². The highest BCUT2D eigenvalue weighted by Crippen LogP contribution is 2.24. The topological polar surface area (TPSA) is 45.7 Å². The van der Waals surface area contributed by atoms with Gasteiger partial charge in [-0.2, -0.15) is 0 Å². The molecule has 2 aromatic heterocycles. The third-order valence-electron chi connectivity index (χ3n) is 6.30. The van der Waals surface area contributed by atoms with Crippen molar-refractivity contribution >= 4 is 17.2 Å². The number of pyridine rings is 1. The predicted octanol–water partition coefficient (Wildman–Crippen LogP) is 3.92. The molecule has 0 aliphatic carbocycles. The van der Waals surface area contributed by atoms with E-state index >= 15 is 0 Å². The van der Waals surface area contributed by atoms with Crippen molar-refractivity contribution in [3.8, 4) is 5.75 Å². The van der Waals surface area contributed by atoms with Crippen LogP contribution in [0, 0.1) is 6.92 Å². The van der Waals surface area contributed by atoms with E-state index in [1.54, 1.807) is 23.7 Å². The lowest BCUT2D eigenvalue weighted by molar-refractivity contribution is -0.132. The van der Waals surface area contributed by atoms with Crippen LogP contribution in [0.25, 0.3) is 0 Å². The maximum Gasteiger partial charge on any atom is 0.222 e. The first kappa shape index (κ1) is 20.4. The van der Waals surface area contributed by atoms with Crippen molar-refractivity contribution < 1.29 is 9.53 Å². The van der Waals surface area contributed by atoms with Gasteiger partial charge >= 0.3 is 0 Å². The zero-order chi connectivity index (χ0) is 20.1. The van der Waals surface area contributed by atoms with Crippen molar-refractivity contribution in [2.45, 2.75) is 57.6 Å². The van der Waals surface area contributed by atoms with E-state index < -0.39 is 0 Å². The summed E-state index contributed by atoms with van der Waals surface area (Å²) in [4.78, 5) is 22.7. The van der Waals surface area contributed by atoms with Crippen LogP contribution in [0.15, 0.2) is 36.0 Å². The summed E-state index contributed by atoms with van der Waals surface area (Å²) in [6.45, 7) is 6.12. The average Bonchev–Trinajstić information content (AvgIpc) is 3.18. The van der Waals surface area contributed by atoms with Crippen molar-refractivity contribution in [2.24, 2.45) is 0 Å². The molecule has 4 rings (SSSR count). The van der Waals surface area contributed by atoms with E-state index in [0.29, 0.717) is 24.5 Å². The number of nitrogens with zero attached hydrogens (tertiary/aromatic N) is 3. The molecule has 29 heavy (non-hydrogen) atoms. The van der Waals surface area contributed by atoms with E-state index in [1.807, 2.05) is 12.1 Å². The molecule has 0 aromatic carbocycles. The normalized spacial score (nSPS) is 19.4. The van der Waals surface area contributed by atoms with Gasteiger partial charge in [0.2, 0.25) is 5.91 Å². The van der Waals surface area contributed by atoms with Gasteiger partial charge in [0.15, 0.2) is 0 Å². The van der Waals surface area contributed by atoms with Crippen LogP contribution in [0.1, 0.15) is 42.5 Å². The van der Waals surface area contributed by atoms with Gasteiger partial charge in [-0.15, -0.1) is 11.3 Å². The Morgan fingerprint density at radius 3 is 2.48 bits per heavy atom. The Labute approximate surface area is 177 Å². The van der Waals surface area contributed by atoms with Gasteiger partial charge in [0.25, 0.3) is 0 Å². The minimum Gasteiger partial charge on any atom is -0.490 e.